The van der Waals surface area contributed by atoms with Crippen LogP contribution in [0.25, 0.3) is 5.69 Å². The van der Waals surface area contributed by atoms with E-state index in [1.165, 1.54) is 20.5 Å². The van der Waals surface area contributed by atoms with Crippen molar-refractivity contribution in [3.8, 4) is 5.69 Å². The first-order chi connectivity index (χ1) is 12.9. The zero-order chi connectivity index (χ0) is 19.6. The summed E-state index contributed by atoms with van der Waals surface area (Å²) >= 11 is 0. The van der Waals surface area contributed by atoms with Gasteiger partial charge in [0.1, 0.15) is 6.61 Å². The van der Waals surface area contributed by atoms with Gasteiger partial charge in [-0.05, 0) is 49.9 Å². The van der Waals surface area contributed by atoms with E-state index in [1.54, 1.807) is 7.05 Å². The molecule has 3 aromatic rings. The van der Waals surface area contributed by atoms with E-state index in [4.69, 9.17) is 4.84 Å². The first-order valence-corrected chi connectivity index (χ1v) is 9.12. The third-order valence-corrected chi connectivity index (χ3v) is 4.98. The smallest absolute Gasteiger partial charge is 0.364 e. The summed E-state index contributed by atoms with van der Waals surface area (Å²) in [6.07, 6.45) is 0.992. The van der Waals surface area contributed by atoms with E-state index in [2.05, 4.69) is 42.4 Å². The van der Waals surface area contributed by atoms with Crippen molar-refractivity contribution in [2.45, 2.75) is 40.7 Å². The van der Waals surface area contributed by atoms with Gasteiger partial charge in [0, 0.05) is 18.2 Å². The molecule has 6 heteroatoms. The van der Waals surface area contributed by atoms with Crippen molar-refractivity contribution in [2.24, 2.45) is 12.2 Å². The Kier molecular flexibility index (Phi) is 5.35. The van der Waals surface area contributed by atoms with Crippen LogP contribution in [0.1, 0.15) is 41.7 Å². The number of aromatic nitrogens is 3. The fraction of sp³-hybridized carbons (Fsp3) is 0.333. The summed E-state index contributed by atoms with van der Waals surface area (Å²) < 4.78 is 2.94. The number of aromatic amines is 1. The number of hydrogen-bond acceptors (Lipinski definition) is 3. The zero-order valence-electron chi connectivity index (χ0n) is 16.5. The molecule has 0 saturated heterocycles. The highest BCUT2D eigenvalue weighted by Crippen LogP contribution is 2.19. The van der Waals surface area contributed by atoms with Gasteiger partial charge in [-0.1, -0.05) is 42.4 Å². The van der Waals surface area contributed by atoms with Gasteiger partial charge in [0.25, 0.3) is 0 Å². The van der Waals surface area contributed by atoms with Crippen LogP contribution in [0.15, 0.2) is 46.3 Å². The molecule has 27 heavy (non-hydrogen) atoms. The van der Waals surface area contributed by atoms with Crippen LogP contribution in [-0.2, 0) is 24.9 Å². The van der Waals surface area contributed by atoms with Crippen molar-refractivity contribution in [1.82, 2.24) is 14.6 Å². The van der Waals surface area contributed by atoms with E-state index in [-0.39, 0.29) is 5.69 Å². The van der Waals surface area contributed by atoms with E-state index >= 15 is 0 Å². The Balaban J connectivity index is 1.83. The van der Waals surface area contributed by atoms with Crippen molar-refractivity contribution in [2.75, 3.05) is 0 Å². The van der Waals surface area contributed by atoms with E-state index in [0.29, 0.717) is 6.61 Å². The van der Waals surface area contributed by atoms with Crippen molar-refractivity contribution in [3.05, 3.63) is 74.7 Å². The molecule has 0 radical (unpaired) electrons. The number of nitrogens with one attached hydrogen (secondary N) is 1. The Morgan fingerprint density at radius 2 is 1.93 bits per heavy atom. The average molecular weight is 366 g/mol. The summed E-state index contributed by atoms with van der Waals surface area (Å²) in [6, 6.07) is 12.1. The molecule has 1 aromatic heterocycles. The molecule has 0 saturated carbocycles. The highest BCUT2D eigenvalue weighted by Gasteiger charge is 2.14. The highest BCUT2D eigenvalue weighted by molar-refractivity contribution is 5.99. The van der Waals surface area contributed by atoms with Crippen LogP contribution >= 0.6 is 0 Å². The van der Waals surface area contributed by atoms with Crippen LogP contribution < -0.4 is 5.69 Å². The van der Waals surface area contributed by atoms with Crippen LogP contribution in [0.2, 0.25) is 0 Å². The predicted octanol–water partition coefficient (Wildman–Crippen LogP) is 3.62. The predicted molar refractivity (Wildman–Crippen MR) is 108 cm³/mol. The molecular weight excluding hydrogens is 340 g/mol. The minimum Gasteiger partial charge on any atom is -0.391 e. The molecule has 3 rings (SSSR count). The van der Waals surface area contributed by atoms with Gasteiger partial charge in [0.05, 0.1) is 11.4 Å². The van der Waals surface area contributed by atoms with Crippen molar-refractivity contribution in [3.63, 3.8) is 0 Å². The van der Waals surface area contributed by atoms with Gasteiger partial charge < -0.3 is 4.84 Å². The summed E-state index contributed by atoms with van der Waals surface area (Å²) in [5.41, 5.74) is 7.16. The fourth-order valence-corrected chi connectivity index (χ4v) is 3.28. The third-order valence-electron chi connectivity index (χ3n) is 4.98. The van der Waals surface area contributed by atoms with Gasteiger partial charge in [-0.2, -0.15) is 4.68 Å². The number of H-pyrrole nitrogens is 1. The molecule has 1 N–H and O–H groups in total. The normalized spacial score (nSPS) is 11.8. The lowest BCUT2D eigenvalue weighted by molar-refractivity contribution is 0.129. The molecule has 1 heterocycles. The second kappa shape index (κ2) is 7.70. The quantitative estimate of drug-likeness (QED) is 0.535. The van der Waals surface area contributed by atoms with Gasteiger partial charge in [0.15, 0.2) is 0 Å². The summed E-state index contributed by atoms with van der Waals surface area (Å²) in [7, 11) is 1.69. The Labute approximate surface area is 159 Å². The van der Waals surface area contributed by atoms with Crippen LogP contribution in [0.5, 0.6) is 0 Å². The molecule has 0 atom stereocenters. The lowest BCUT2D eigenvalue weighted by Gasteiger charge is -2.18. The van der Waals surface area contributed by atoms with Crippen LogP contribution in [0, 0.1) is 13.8 Å². The maximum atomic E-state index is 12.0. The molecular formula is C21H26N4O2. The van der Waals surface area contributed by atoms with Crippen LogP contribution in [-0.4, -0.2) is 20.3 Å². The van der Waals surface area contributed by atoms with Crippen LogP contribution in [0.3, 0.4) is 0 Å². The monoisotopic (exact) mass is 366 g/mol. The zero-order valence-corrected chi connectivity index (χ0v) is 16.5. The molecule has 0 bridgehead atoms. The second-order valence-corrected chi connectivity index (χ2v) is 6.74. The first-order valence-electron chi connectivity index (χ1n) is 9.12. The van der Waals surface area contributed by atoms with E-state index < -0.39 is 0 Å². The number of oxime groups is 1. The van der Waals surface area contributed by atoms with Gasteiger partial charge >= 0.3 is 5.69 Å². The Morgan fingerprint density at radius 3 is 2.59 bits per heavy atom. The molecule has 0 aliphatic heterocycles. The molecule has 0 aliphatic rings. The fourth-order valence-electron chi connectivity index (χ4n) is 3.28. The lowest BCUT2D eigenvalue weighted by Crippen LogP contribution is -2.40. The van der Waals surface area contributed by atoms with E-state index in [9.17, 15) is 4.79 Å². The molecule has 0 aliphatic carbocycles. The number of aryl methyl sites for hydroxylation is 3. The number of nitrogens with zero attached hydrogens (tertiary/aromatic N) is 3. The molecule has 0 amide bonds. The van der Waals surface area contributed by atoms with Gasteiger partial charge in [-0.25, -0.2) is 14.7 Å². The SMILES string of the molecule is CCc1cccc(C(C)=NOCc2c(C)cccc2-n2[nH]n(C)c2=O)c1C. The summed E-state index contributed by atoms with van der Waals surface area (Å²) in [5, 5.41) is 7.27. The Bertz CT molecular complexity index is 1040. The van der Waals surface area contributed by atoms with E-state index in [0.717, 1.165) is 34.5 Å². The van der Waals surface area contributed by atoms with Crippen molar-refractivity contribution < 1.29 is 4.84 Å². The second-order valence-electron chi connectivity index (χ2n) is 6.74. The lowest BCUT2D eigenvalue weighted by atomic mass is 9.98. The van der Waals surface area contributed by atoms with Crippen molar-refractivity contribution in [1.29, 1.82) is 0 Å². The maximum absolute atomic E-state index is 12.0. The Morgan fingerprint density at radius 1 is 1.19 bits per heavy atom. The summed E-state index contributed by atoms with van der Waals surface area (Å²) in [4.78, 5) is 17.7. The average Bonchev–Trinajstić information content (AvgIpc) is 2.67. The summed E-state index contributed by atoms with van der Waals surface area (Å²) in [5.74, 6) is 0. The minimum absolute atomic E-state index is 0.103. The molecule has 0 fully saturated rings. The standard InChI is InChI=1S/C21H26N4O2/c1-6-17-10-8-11-18(15(17)3)16(4)22-27-13-19-14(2)9-7-12-20(19)25-21(26)24(5)23-25/h7-12,23H,6,13H2,1-5H3. The van der Waals surface area contributed by atoms with Gasteiger partial charge in [-0.15, -0.1) is 0 Å². The van der Waals surface area contributed by atoms with Crippen LogP contribution in [0.4, 0.5) is 0 Å². The Hall–Kier alpha value is -3.02. The number of rotatable bonds is 6. The molecule has 0 unspecified atom stereocenters. The minimum atomic E-state index is -0.103. The van der Waals surface area contributed by atoms with Gasteiger partial charge in [-0.3, -0.25) is 0 Å². The number of hydrogen-bond donors (Lipinski definition) is 1. The third kappa shape index (κ3) is 3.60. The van der Waals surface area contributed by atoms with E-state index in [1.807, 2.05) is 32.0 Å². The largest absolute Gasteiger partial charge is 0.391 e. The maximum Gasteiger partial charge on any atom is 0.364 e. The first kappa shape index (κ1) is 18.8. The molecule has 2 aromatic carbocycles. The number of benzene rings is 2. The highest BCUT2D eigenvalue weighted by atomic mass is 16.6. The van der Waals surface area contributed by atoms with Gasteiger partial charge in [0.2, 0.25) is 0 Å². The molecule has 0 spiro atoms. The summed E-state index contributed by atoms with van der Waals surface area (Å²) in [6.45, 7) is 8.51. The topological polar surface area (TPSA) is 64.3 Å². The van der Waals surface area contributed by atoms with Crippen molar-refractivity contribution >= 4 is 5.71 Å². The molecule has 6 nitrogen and oxygen atoms in total. The molecule has 142 valence electrons.